The molecule has 2 rings (SSSR count). The van der Waals surface area contributed by atoms with Crippen LogP contribution in [-0.2, 0) is 10.0 Å². The summed E-state index contributed by atoms with van der Waals surface area (Å²) in [7, 11) is -3.79. The fourth-order valence-electron chi connectivity index (χ4n) is 1.88. The van der Waals surface area contributed by atoms with Gasteiger partial charge in [-0.05, 0) is 48.9 Å². The van der Waals surface area contributed by atoms with Crippen LogP contribution in [0.15, 0.2) is 53.4 Å². The van der Waals surface area contributed by atoms with Crippen molar-refractivity contribution in [3.05, 3.63) is 59.9 Å². The Bertz CT molecular complexity index is 805. The molecule has 24 heavy (non-hydrogen) atoms. The van der Waals surface area contributed by atoms with Gasteiger partial charge < -0.3 is 9.84 Å². The molecule has 0 bridgehead atoms. The van der Waals surface area contributed by atoms with E-state index in [-0.39, 0.29) is 29.4 Å². The molecule has 0 aliphatic rings. The van der Waals surface area contributed by atoms with Crippen LogP contribution in [-0.4, -0.2) is 32.6 Å². The smallest absolute Gasteiger partial charge is 0.335 e. The van der Waals surface area contributed by atoms with E-state index in [2.05, 4.69) is 4.72 Å². The molecule has 0 saturated heterocycles. The van der Waals surface area contributed by atoms with Crippen molar-refractivity contribution < 1.29 is 27.4 Å². The van der Waals surface area contributed by atoms with Gasteiger partial charge in [-0.1, -0.05) is 6.07 Å². The zero-order valence-electron chi connectivity index (χ0n) is 12.6. The highest BCUT2D eigenvalue weighted by Gasteiger charge is 2.15. The highest BCUT2D eigenvalue weighted by Crippen LogP contribution is 2.12. The monoisotopic (exact) mass is 353 g/mol. The quantitative estimate of drug-likeness (QED) is 0.710. The van der Waals surface area contributed by atoms with Crippen molar-refractivity contribution >= 4 is 16.0 Å². The largest absolute Gasteiger partial charge is 0.494 e. The van der Waals surface area contributed by atoms with Crippen LogP contribution in [0.1, 0.15) is 16.8 Å². The van der Waals surface area contributed by atoms with Crippen molar-refractivity contribution in [3.63, 3.8) is 0 Å². The highest BCUT2D eigenvalue weighted by atomic mass is 32.2. The molecule has 2 aromatic rings. The summed E-state index contributed by atoms with van der Waals surface area (Å²) >= 11 is 0. The zero-order valence-corrected chi connectivity index (χ0v) is 13.4. The Labute approximate surface area is 138 Å². The average Bonchev–Trinajstić information content (AvgIpc) is 2.56. The molecule has 0 radical (unpaired) electrons. The summed E-state index contributed by atoms with van der Waals surface area (Å²) in [5.74, 6) is -1.06. The molecule has 2 N–H and O–H groups in total. The first-order valence-electron chi connectivity index (χ1n) is 7.10. The van der Waals surface area contributed by atoms with Crippen LogP contribution in [0, 0.1) is 5.82 Å². The number of nitrogens with one attached hydrogen (secondary N) is 1. The molecule has 128 valence electrons. The summed E-state index contributed by atoms with van der Waals surface area (Å²) in [6.07, 6.45) is 0.398. The minimum atomic E-state index is -3.79. The number of hydrogen-bond donors (Lipinski definition) is 2. The summed E-state index contributed by atoms with van der Waals surface area (Å²) in [5, 5.41) is 8.89. The van der Waals surface area contributed by atoms with Gasteiger partial charge in [0.15, 0.2) is 0 Å². The van der Waals surface area contributed by atoms with Gasteiger partial charge in [0.05, 0.1) is 17.1 Å². The van der Waals surface area contributed by atoms with E-state index >= 15 is 0 Å². The van der Waals surface area contributed by atoms with E-state index < -0.39 is 16.0 Å². The van der Waals surface area contributed by atoms with Crippen LogP contribution in [0.5, 0.6) is 5.75 Å². The van der Waals surface area contributed by atoms with Gasteiger partial charge in [0, 0.05) is 6.54 Å². The van der Waals surface area contributed by atoms with Gasteiger partial charge in [-0.25, -0.2) is 22.3 Å². The molecule has 8 heteroatoms. The third-order valence-corrected chi connectivity index (χ3v) is 4.55. The number of hydrogen-bond acceptors (Lipinski definition) is 4. The number of carboxylic acid groups (broad SMARTS) is 1. The predicted molar refractivity (Wildman–Crippen MR) is 85.1 cm³/mol. The fourth-order valence-corrected chi connectivity index (χ4v) is 3.00. The average molecular weight is 353 g/mol. The van der Waals surface area contributed by atoms with E-state index in [9.17, 15) is 17.6 Å². The van der Waals surface area contributed by atoms with Crippen molar-refractivity contribution in [3.8, 4) is 5.75 Å². The topological polar surface area (TPSA) is 92.7 Å². The molecule has 0 spiro atoms. The number of carboxylic acids is 1. The maximum Gasteiger partial charge on any atom is 0.335 e. The van der Waals surface area contributed by atoms with Gasteiger partial charge in [-0.15, -0.1) is 0 Å². The number of carbonyl (C=O) groups is 1. The van der Waals surface area contributed by atoms with Crippen molar-refractivity contribution in [1.29, 1.82) is 0 Å². The first kappa shape index (κ1) is 17.9. The minimum absolute atomic E-state index is 0.0995. The maximum absolute atomic E-state index is 12.7. The lowest BCUT2D eigenvalue weighted by Gasteiger charge is -2.08. The van der Waals surface area contributed by atoms with Gasteiger partial charge in [0.25, 0.3) is 0 Å². The molecule has 0 aromatic heterocycles. The van der Waals surface area contributed by atoms with Crippen LogP contribution < -0.4 is 9.46 Å². The maximum atomic E-state index is 12.7. The molecule has 0 amide bonds. The lowest BCUT2D eigenvalue weighted by Crippen LogP contribution is -2.26. The van der Waals surface area contributed by atoms with Crippen molar-refractivity contribution in [2.45, 2.75) is 11.3 Å². The van der Waals surface area contributed by atoms with Crippen LogP contribution in [0.4, 0.5) is 4.39 Å². The summed E-state index contributed by atoms with van der Waals surface area (Å²) < 4.78 is 44.6. The summed E-state index contributed by atoms with van der Waals surface area (Å²) in [6.45, 7) is 0.379. The zero-order chi connectivity index (χ0) is 17.6. The molecule has 0 aliphatic carbocycles. The van der Waals surface area contributed by atoms with E-state index in [0.29, 0.717) is 12.2 Å². The van der Waals surface area contributed by atoms with Gasteiger partial charge in [0.1, 0.15) is 11.6 Å². The highest BCUT2D eigenvalue weighted by molar-refractivity contribution is 7.89. The molecule has 0 unspecified atom stereocenters. The number of aromatic carboxylic acids is 1. The second-order valence-corrected chi connectivity index (χ2v) is 6.65. The van der Waals surface area contributed by atoms with Crippen LogP contribution in [0.2, 0.25) is 0 Å². The number of sulfonamides is 1. The van der Waals surface area contributed by atoms with Crippen LogP contribution in [0.25, 0.3) is 0 Å². The van der Waals surface area contributed by atoms with Gasteiger partial charge >= 0.3 is 5.97 Å². The van der Waals surface area contributed by atoms with E-state index in [4.69, 9.17) is 9.84 Å². The summed E-state index contributed by atoms with van der Waals surface area (Å²) in [6, 6.07) is 10.6. The second-order valence-electron chi connectivity index (χ2n) is 4.89. The molecular weight excluding hydrogens is 337 g/mol. The standard InChI is InChI=1S/C16H16FNO5S/c17-13-5-7-14(8-6-13)23-10-2-9-18-24(21,22)15-4-1-3-12(11-15)16(19)20/h1,3-8,11,18H,2,9-10H2,(H,19,20). The molecule has 0 heterocycles. The van der Waals surface area contributed by atoms with Crippen molar-refractivity contribution in [2.24, 2.45) is 0 Å². The van der Waals surface area contributed by atoms with Crippen molar-refractivity contribution in [1.82, 2.24) is 4.72 Å². The van der Waals surface area contributed by atoms with E-state index in [1.165, 1.54) is 42.5 Å². The lowest BCUT2D eigenvalue weighted by molar-refractivity contribution is 0.0696. The Morgan fingerprint density at radius 2 is 1.88 bits per heavy atom. The number of halogens is 1. The predicted octanol–water partition coefficient (Wildman–Crippen LogP) is 2.27. The van der Waals surface area contributed by atoms with Crippen LogP contribution >= 0.6 is 0 Å². The first-order chi connectivity index (χ1) is 11.4. The Morgan fingerprint density at radius 3 is 2.54 bits per heavy atom. The molecular formula is C16H16FNO5S. The van der Waals surface area contributed by atoms with Gasteiger partial charge in [-0.3, -0.25) is 0 Å². The summed E-state index contributed by atoms with van der Waals surface area (Å²) in [4.78, 5) is 10.8. The van der Waals surface area contributed by atoms with Crippen molar-refractivity contribution in [2.75, 3.05) is 13.2 Å². The Balaban J connectivity index is 1.83. The Morgan fingerprint density at radius 1 is 1.17 bits per heavy atom. The molecule has 6 nitrogen and oxygen atoms in total. The van der Waals surface area contributed by atoms with E-state index in [1.807, 2.05) is 0 Å². The van der Waals surface area contributed by atoms with Crippen LogP contribution in [0.3, 0.4) is 0 Å². The summed E-state index contributed by atoms with van der Waals surface area (Å²) in [5.41, 5.74) is -0.0995. The Kier molecular flexibility index (Phi) is 5.88. The molecule has 0 aliphatic heterocycles. The molecule has 2 aromatic carbocycles. The third kappa shape index (κ3) is 5.04. The number of ether oxygens (including phenoxy) is 1. The molecule has 0 saturated carbocycles. The normalized spacial score (nSPS) is 11.2. The Hall–Kier alpha value is -2.45. The van der Waals surface area contributed by atoms with Gasteiger partial charge in [-0.2, -0.15) is 0 Å². The SMILES string of the molecule is O=C(O)c1cccc(S(=O)(=O)NCCCOc2ccc(F)cc2)c1. The fraction of sp³-hybridized carbons (Fsp3) is 0.188. The van der Waals surface area contributed by atoms with E-state index in [1.54, 1.807) is 0 Å². The number of rotatable bonds is 8. The first-order valence-corrected chi connectivity index (χ1v) is 8.58. The number of benzene rings is 2. The molecule has 0 atom stereocenters. The second kappa shape index (κ2) is 7.89. The third-order valence-electron chi connectivity index (χ3n) is 3.09. The van der Waals surface area contributed by atoms with E-state index in [0.717, 1.165) is 6.07 Å². The lowest BCUT2D eigenvalue weighted by atomic mass is 10.2. The minimum Gasteiger partial charge on any atom is -0.494 e. The van der Waals surface area contributed by atoms with Gasteiger partial charge in [0.2, 0.25) is 10.0 Å². The molecule has 0 fully saturated rings.